The van der Waals surface area contributed by atoms with E-state index in [4.69, 9.17) is 4.52 Å². The minimum Gasteiger partial charge on any atom is -0.360 e. The predicted molar refractivity (Wildman–Crippen MR) is 103 cm³/mol. The number of benzene rings is 1. The lowest BCUT2D eigenvalue weighted by Gasteiger charge is -2.17. The van der Waals surface area contributed by atoms with E-state index in [1.807, 2.05) is 35.7 Å². The lowest BCUT2D eigenvalue weighted by molar-refractivity contribution is 0.0991. The van der Waals surface area contributed by atoms with Crippen LogP contribution in [0.25, 0.3) is 0 Å². The smallest absolute Gasteiger partial charge is 0.277 e. The highest BCUT2D eigenvalue weighted by atomic mass is 32.1. The Morgan fingerprint density at radius 2 is 2.11 bits per heavy atom. The molecule has 0 saturated heterocycles. The number of thiophene rings is 1. The standard InChI is InChI=1S/C20H17N3O3S/c24-19(15-11-17(26-22-15)13-3-4-13)21-14-6-5-12-7-8-23(16(12)10-14)20(25)18-2-1-9-27-18/h1-2,5-6,9-11,13H,3-4,7-8H2,(H,21,24). The molecule has 1 saturated carbocycles. The first-order valence-corrected chi connectivity index (χ1v) is 9.83. The number of amides is 2. The molecule has 7 heteroatoms. The highest BCUT2D eigenvalue weighted by Crippen LogP contribution is 2.40. The fraction of sp³-hybridized carbons (Fsp3) is 0.250. The number of aromatic nitrogens is 1. The molecule has 1 aliphatic carbocycles. The third-order valence-corrected chi connectivity index (χ3v) is 5.81. The Bertz CT molecular complexity index is 1020. The lowest BCUT2D eigenvalue weighted by Crippen LogP contribution is -2.28. The molecule has 1 aliphatic heterocycles. The zero-order valence-corrected chi connectivity index (χ0v) is 15.3. The van der Waals surface area contributed by atoms with Crippen molar-refractivity contribution in [2.24, 2.45) is 0 Å². The van der Waals surface area contributed by atoms with Gasteiger partial charge in [-0.15, -0.1) is 11.3 Å². The van der Waals surface area contributed by atoms with Crippen LogP contribution in [0.1, 0.15) is 50.2 Å². The number of anilines is 2. The predicted octanol–water partition coefficient (Wildman–Crippen LogP) is 4.07. The third-order valence-electron chi connectivity index (χ3n) is 4.96. The number of nitrogens with zero attached hydrogens (tertiary/aromatic N) is 2. The van der Waals surface area contributed by atoms with Gasteiger partial charge in [0.2, 0.25) is 0 Å². The first kappa shape index (κ1) is 16.3. The number of carbonyl (C=O) groups is 2. The van der Waals surface area contributed by atoms with Crippen molar-refractivity contribution in [3.63, 3.8) is 0 Å². The first-order chi connectivity index (χ1) is 13.2. The second-order valence-electron chi connectivity index (χ2n) is 6.87. The molecule has 2 aromatic heterocycles. The van der Waals surface area contributed by atoms with Crippen LogP contribution in [0.15, 0.2) is 46.3 Å². The van der Waals surface area contributed by atoms with Gasteiger partial charge in [-0.25, -0.2) is 0 Å². The average Bonchev–Trinajstić information content (AvgIpc) is 3.10. The van der Waals surface area contributed by atoms with Gasteiger partial charge in [-0.3, -0.25) is 9.59 Å². The molecule has 3 heterocycles. The number of nitrogens with one attached hydrogen (secondary N) is 1. The maximum absolute atomic E-state index is 12.7. The summed E-state index contributed by atoms with van der Waals surface area (Å²) in [6.45, 7) is 0.650. The van der Waals surface area contributed by atoms with E-state index in [9.17, 15) is 9.59 Å². The molecule has 0 bridgehead atoms. The van der Waals surface area contributed by atoms with Gasteiger partial charge < -0.3 is 14.7 Å². The minimum atomic E-state index is -0.306. The summed E-state index contributed by atoms with van der Waals surface area (Å²) in [5.41, 5.74) is 2.88. The summed E-state index contributed by atoms with van der Waals surface area (Å²) in [5, 5.41) is 8.63. The molecule has 0 radical (unpaired) electrons. The Kier molecular flexibility index (Phi) is 3.82. The van der Waals surface area contributed by atoms with E-state index in [0.29, 0.717) is 23.0 Å². The Hall–Kier alpha value is -2.93. The molecular weight excluding hydrogens is 362 g/mol. The molecule has 2 aliphatic rings. The second-order valence-corrected chi connectivity index (χ2v) is 7.82. The molecule has 1 aromatic carbocycles. The number of rotatable bonds is 4. The van der Waals surface area contributed by atoms with E-state index in [0.717, 1.165) is 36.3 Å². The number of hydrogen-bond acceptors (Lipinski definition) is 5. The van der Waals surface area contributed by atoms with E-state index in [1.165, 1.54) is 11.3 Å². The van der Waals surface area contributed by atoms with Crippen LogP contribution in [0.3, 0.4) is 0 Å². The van der Waals surface area contributed by atoms with Crippen LogP contribution >= 0.6 is 11.3 Å². The molecule has 2 amide bonds. The summed E-state index contributed by atoms with van der Waals surface area (Å²) in [6, 6.07) is 11.1. The fourth-order valence-electron chi connectivity index (χ4n) is 3.35. The summed E-state index contributed by atoms with van der Waals surface area (Å²) < 4.78 is 5.25. The second kappa shape index (κ2) is 6.35. The summed E-state index contributed by atoms with van der Waals surface area (Å²) in [7, 11) is 0. The molecule has 27 heavy (non-hydrogen) atoms. The van der Waals surface area contributed by atoms with E-state index in [1.54, 1.807) is 11.0 Å². The van der Waals surface area contributed by atoms with Crippen molar-refractivity contribution >= 4 is 34.5 Å². The minimum absolute atomic E-state index is 0.00203. The van der Waals surface area contributed by atoms with Gasteiger partial charge in [-0.05, 0) is 48.4 Å². The van der Waals surface area contributed by atoms with Crippen LogP contribution in [-0.2, 0) is 6.42 Å². The van der Waals surface area contributed by atoms with Crippen molar-refractivity contribution in [3.05, 3.63) is 63.7 Å². The van der Waals surface area contributed by atoms with Crippen LogP contribution < -0.4 is 10.2 Å². The fourth-order valence-corrected chi connectivity index (χ4v) is 4.02. The van der Waals surface area contributed by atoms with Gasteiger partial charge >= 0.3 is 0 Å². The third kappa shape index (κ3) is 3.04. The lowest BCUT2D eigenvalue weighted by atomic mass is 10.1. The highest BCUT2D eigenvalue weighted by molar-refractivity contribution is 7.12. The Morgan fingerprint density at radius 3 is 2.89 bits per heavy atom. The van der Waals surface area contributed by atoms with Gasteiger partial charge in [0.25, 0.3) is 11.8 Å². The number of hydrogen-bond donors (Lipinski definition) is 1. The van der Waals surface area contributed by atoms with Crippen molar-refractivity contribution in [2.75, 3.05) is 16.8 Å². The van der Waals surface area contributed by atoms with Crippen LogP contribution in [0.4, 0.5) is 11.4 Å². The Labute approximate surface area is 159 Å². The van der Waals surface area contributed by atoms with Crippen molar-refractivity contribution in [1.82, 2.24) is 5.16 Å². The first-order valence-electron chi connectivity index (χ1n) is 8.95. The summed E-state index contributed by atoms with van der Waals surface area (Å²) in [4.78, 5) is 27.7. The molecule has 1 N–H and O–H groups in total. The number of fused-ring (bicyclic) bond motifs is 1. The van der Waals surface area contributed by atoms with Crippen LogP contribution in [0, 0.1) is 0 Å². The molecule has 1 fully saturated rings. The SMILES string of the molecule is O=C(Nc1ccc2c(c1)N(C(=O)c1cccs1)CC2)c1cc(C2CC2)on1. The zero-order valence-electron chi connectivity index (χ0n) is 14.5. The Balaban J connectivity index is 1.36. The van der Waals surface area contributed by atoms with Gasteiger partial charge in [0.05, 0.1) is 4.88 Å². The average molecular weight is 379 g/mol. The summed E-state index contributed by atoms with van der Waals surface area (Å²) in [6.07, 6.45) is 3.00. The molecular formula is C20H17N3O3S. The molecule has 3 aromatic rings. The molecule has 136 valence electrons. The monoisotopic (exact) mass is 379 g/mol. The van der Waals surface area contributed by atoms with Gasteiger partial charge in [0.15, 0.2) is 5.69 Å². The highest BCUT2D eigenvalue weighted by Gasteiger charge is 2.29. The van der Waals surface area contributed by atoms with Gasteiger partial charge in [-0.1, -0.05) is 17.3 Å². The van der Waals surface area contributed by atoms with Crippen LogP contribution in [0.5, 0.6) is 0 Å². The largest absolute Gasteiger partial charge is 0.360 e. The zero-order chi connectivity index (χ0) is 18.4. The molecule has 5 rings (SSSR count). The van der Waals surface area contributed by atoms with Crippen LogP contribution in [-0.4, -0.2) is 23.5 Å². The normalized spacial score (nSPS) is 15.6. The quantitative estimate of drug-likeness (QED) is 0.741. The number of carbonyl (C=O) groups excluding carboxylic acids is 2. The van der Waals surface area contributed by atoms with E-state index in [2.05, 4.69) is 10.5 Å². The van der Waals surface area contributed by atoms with E-state index in [-0.39, 0.29) is 17.5 Å². The van der Waals surface area contributed by atoms with Crippen molar-refractivity contribution in [2.45, 2.75) is 25.2 Å². The van der Waals surface area contributed by atoms with Gasteiger partial charge in [0.1, 0.15) is 5.76 Å². The maximum Gasteiger partial charge on any atom is 0.277 e. The van der Waals surface area contributed by atoms with Crippen molar-refractivity contribution < 1.29 is 14.1 Å². The summed E-state index contributed by atoms with van der Waals surface area (Å²) in [5.74, 6) is 0.884. The van der Waals surface area contributed by atoms with Crippen LogP contribution in [0.2, 0.25) is 0 Å². The molecule has 0 atom stereocenters. The Morgan fingerprint density at radius 1 is 1.22 bits per heavy atom. The summed E-state index contributed by atoms with van der Waals surface area (Å²) >= 11 is 1.43. The molecule has 0 unspecified atom stereocenters. The molecule has 6 nitrogen and oxygen atoms in total. The van der Waals surface area contributed by atoms with E-state index >= 15 is 0 Å². The van der Waals surface area contributed by atoms with E-state index < -0.39 is 0 Å². The van der Waals surface area contributed by atoms with Crippen molar-refractivity contribution in [3.8, 4) is 0 Å². The van der Waals surface area contributed by atoms with Gasteiger partial charge in [-0.2, -0.15) is 0 Å². The van der Waals surface area contributed by atoms with Gasteiger partial charge in [0, 0.05) is 29.9 Å². The topological polar surface area (TPSA) is 75.4 Å². The van der Waals surface area contributed by atoms with Crippen molar-refractivity contribution in [1.29, 1.82) is 0 Å². The maximum atomic E-state index is 12.7. The molecule has 0 spiro atoms.